The second-order valence-corrected chi connectivity index (χ2v) is 5.87. The van der Waals surface area contributed by atoms with Gasteiger partial charge in [0.05, 0.1) is 19.8 Å². The number of amides is 2. The molecule has 8 heteroatoms. The third kappa shape index (κ3) is 5.47. The smallest absolute Gasteiger partial charge is 0.315 e. The highest BCUT2D eigenvalue weighted by molar-refractivity contribution is 5.73. The number of hydrogen-bond acceptors (Lipinski definition) is 4. The van der Waals surface area contributed by atoms with Crippen molar-refractivity contribution in [2.75, 3.05) is 26.4 Å². The number of carbonyl (C=O) groups is 1. The van der Waals surface area contributed by atoms with Gasteiger partial charge in [0.2, 0.25) is 0 Å². The van der Waals surface area contributed by atoms with E-state index in [9.17, 15) is 13.6 Å². The SMILES string of the molecule is O=C(NCCOc1ccc(F)c(F)c1)NCc1ccc2c(c1)OCCCO2. The van der Waals surface area contributed by atoms with Crippen LogP contribution in [-0.2, 0) is 6.54 Å². The van der Waals surface area contributed by atoms with Crippen LogP contribution in [0.5, 0.6) is 17.2 Å². The van der Waals surface area contributed by atoms with Gasteiger partial charge in [-0.2, -0.15) is 0 Å². The number of hydrogen-bond donors (Lipinski definition) is 2. The molecule has 0 atom stereocenters. The molecule has 27 heavy (non-hydrogen) atoms. The summed E-state index contributed by atoms with van der Waals surface area (Å²) < 4.78 is 42.3. The van der Waals surface area contributed by atoms with Gasteiger partial charge in [-0.05, 0) is 29.8 Å². The summed E-state index contributed by atoms with van der Waals surface area (Å²) in [6, 6.07) is 8.43. The lowest BCUT2D eigenvalue weighted by Gasteiger charge is -2.11. The minimum Gasteiger partial charge on any atom is -0.492 e. The number of carbonyl (C=O) groups excluding carboxylic acids is 1. The molecule has 6 nitrogen and oxygen atoms in total. The Balaban J connectivity index is 1.38. The number of rotatable bonds is 6. The number of fused-ring (bicyclic) bond motifs is 1. The first kappa shape index (κ1) is 18.8. The fourth-order valence-corrected chi connectivity index (χ4v) is 2.46. The molecule has 0 saturated carbocycles. The number of halogens is 2. The van der Waals surface area contributed by atoms with Gasteiger partial charge in [0.1, 0.15) is 12.4 Å². The highest BCUT2D eigenvalue weighted by Gasteiger charge is 2.11. The first-order valence-electron chi connectivity index (χ1n) is 8.60. The van der Waals surface area contributed by atoms with Gasteiger partial charge in [0.25, 0.3) is 0 Å². The summed E-state index contributed by atoms with van der Waals surface area (Å²) in [5, 5.41) is 5.35. The van der Waals surface area contributed by atoms with E-state index >= 15 is 0 Å². The predicted molar refractivity (Wildman–Crippen MR) is 94.1 cm³/mol. The third-order valence-corrected chi connectivity index (χ3v) is 3.81. The van der Waals surface area contributed by atoms with E-state index in [1.54, 1.807) is 0 Å². The Morgan fingerprint density at radius 2 is 1.81 bits per heavy atom. The first-order chi connectivity index (χ1) is 13.1. The van der Waals surface area contributed by atoms with Crippen LogP contribution >= 0.6 is 0 Å². The molecule has 0 aliphatic carbocycles. The van der Waals surface area contributed by atoms with Gasteiger partial charge in [-0.15, -0.1) is 0 Å². The van der Waals surface area contributed by atoms with Gasteiger partial charge in [0.15, 0.2) is 23.1 Å². The van der Waals surface area contributed by atoms with Crippen molar-refractivity contribution < 1.29 is 27.8 Å². The molecule has 0 radical (unpaired) electrons. The van der Waals surface area contributed by atoms with E-state index in [-0.39, 0.29) is 24.9 Å². The maximum Gasteiger partial charge on any atom is 0.315 e. The second-order valence-electron chi connectivity index (χ2n) is 5.87. The standard InChI is InChI=1S/C19H20F2N2O4/c20-15-4-3-14(11-16(15)21)25-9-6-22-19(24)23-12-13-2-5-17-18(10-13)27-8-1-7-26-17/h2-5,10-11H,1,6-9,12H2,(H2,22,23,24). The third-order valence-electron chi connectivity index (χ3n) is 3.81. The Morgan fingerprint density at radius 1 is 1.00 bits per heavy atom. The van der Waals surface area contributed by atoms with Crippen LogP contribution in [0.4, 0.5) is 13.6 Å². The van der Waals surface area contributed by atoms with Gasteiger partial charge < -0.3 is 24.8 Å². The molecule has 1 aliphatic heterocycles. The van der Waals surface area contributed by atoms with Gasteiger partial charge in [-0.1, -0.05) is 6.07 Å². The van der Waals surface area contributed by atoms with E-state index < -0.39 is 11.6 Å². The van der Waals surface area contributed by atoms with Crippen molar-refractivity contribution >= 4 is 6.03 Å². The van der Waals surface area contributed by atoms with Crippen LogP contribution in [0.15, 0.2) is 36.4 Å². The largest absolute Gasteiger partial charge is 0.492 e. The minimum atomic E-state index is -0.978. The highest BCUT2D eigenvalue weighted by Crippen LogP contribution is 2.30. The fraction of sp³-hybridized carbons (Fsp3) is 0.316. The average Bonchev–Trinajstić information content (AvgIpc) is 2.91. The summed E-state index contributed by atoms with van der Waals surface area (Å²) >= 11 is 0. The van der Waals surface area contributed by atoms with Crippen LogP contribution < -0.4 is 24.8 Å². The van der Waals surface area contributed by atoms with Crippen LogP contribution in [-0.4, -0.2) is 32.4 Å². The molecule has 0 saturated heterocycles. The molecule has 2 amide bonds. The van der Waals surface area contributed by atoms with Crippen LogP contribution in [0.1, 0.15) is 12.0 Å². The van der Waals surface area contributed by atoms with Crippen molar-refractivity contribution in [1.29, 1.82) is 0 Å². The van der Waals surface area contributed by atoms with Crippen molar-refractivity contribution in [3.05, 3.63) is 53.6 Å². The Morgan fingerprint density at radius 3 is 2.63 bits per heavy atom. The lowest BCUT2D eigenvalue weighted by molar-refractivity contribution is 0.236. The predicted octanol–water partition coefficient (Wildman–Crippen LogP) is 3.00. The van der Waals surface area contributed by atoms with Crippen LogP contribution in [0, 0.1) is 11.6 Å². The normalized spacial score (nSPS) is 12.8. The van der Waals surface area contributed by atoms with Crippen molar-refractivity contribution in [3.8, 4) is 17.2 Å². The van der Waals surface area contributed by atoms with Crippen molar-refractivity contribution in [2.45, 2.75) is 13.0 Å². The summed E-state index contributed by atoms with van der Waals surface area (Å²) in [6.07, 6.45) is 0.831. The van der Waals surface area contributed by atoms with Crippen LogP contribution in [0.25, 0.3) is 0 Å². The molecule has 1 heterocycles. The van der Waals surface area contributed by atoms with Gasteiger partial charge in [-0.3, -0.25) is 0 Å². The maximum absolute atomic E-state index is 13.1. The lowest BCUT2D eigenvalue weighted by atomic mass is 10.2. The minimum absolute atomic E-state index is 0.127. The molecule has 0 aromatic heterocycles. The topological polar surface area (TPSA) is 68.8 Å². The zero-order chi connectivity index (χ0) is 19.1. The molecule has 2 N–H and O–H groups in total. The second kappa shape index (κ2) is 9.07. The number of benzene rings is 2. The summed E-state index contributed by atoms with van der Waals surface area (Å²) in [5.74, 6) is -0.339. The Labute approximate surface area is 155 Å². The van der Waals surface area contributed by atoms with Crippen molar-refractivity contribution in [2.24, 2.45) is 0 Å². The van der Waals surface area contributed by atoms with Gasteiger partial charge in [0, 0.05) is 19.0 Å². The van der Waals surface area contributed by atoms with Crippen molar-refractivity contribution in [1.82, 2.24) is 10.6 Å². The van der Waals surface area contributed by atoms with E-state index in [1.807, 2.05) is 18.2 Å². The Kier molecular flexibility index (Phi) is 6.30. The fourth-order valence-electron chi connectivity index (χ4n) is 2.46. The summed E-state index contributed by atoms with van der Waals surface area (Å²) in [5.41, 5.74) is 0.882. The summed E-state index contributed by atoms with van der Waals surface area (Å²) in [6.45, 7) is 1.89. The molecule has 2 aromatic rings. The molecule has 1 aliphatic rings. The van der Waals surface area contributed by atoms with Crippen LogP contribution in [0.3, 0.4) is 0 Å². The molecular formula is C19H20F2N2O4. The molecule has 2 aromatic carbocycles. The molecule has 0 unspecified atom stereocenters. The number of ether oxygens (including phenoxy) is 3. The quantitative estimate of drug-likeness (QED) is 0.759. The molecule has 0 bridgehead atoms. The summed E-state index contributed by atoms with van der Waals surface area (Å²) in [7, 11) is 0. The molecule has 3 rings (SSSR count). The zero-order valence-corrected chi connectivity index (χ0v) is 14.6. The molecule has 0 fully saturated rings. The average molecular weight is 378 g/mol. The van der Waals surface area contributed by atoms with E-state index in [4.69, 9.17) is 14.2 Å². The highest BCUT2D eigenvalue weighted by atomic mass is 19.2. The Hall–Kier alpha value is -3.03. The van der Waals surface area contributed by atoms with Gasteiger partial charge in [-0.25, -0.2) is 13.6 Å². The molecule has 144 valence electrons. The molecular weight excluding hydrogens is 358 g/mol. The zero-order valence-electron chi connectivity index (χ0n) is 14.6. The lowest BCUT2D eigenvalue weighted by Crippen LogP contribution is -2.37. The monoisotopic (exact) mass is 378 g/mol. The van der Waals surface area contributed by atoms with E-state index in [1.165, 1.54) is 6.07 Å². The summed E-state index contributed by atoms with van der Waals surface area (Å²) in [4.78, 5) is 11.8. The van der Waals surface area contributed by atoms with Crippen molar-refractivity contribution in [3.63, 3.8) is 0 Å². The number of nitrogens with one attached hydrogen (secondary N) is 2. The maximum atomic E-state index is 13.1. The van der Waals surface area contributed by atoms with Gasteiger partial charge >= 0.3 is 6.03 Å². The van der Waals surface area contributed by atoms with Crippen LogP contribution in [0.2, 0.25) is 0 Å². The first-order valence-corrected chi connectivity index (χ1v) is 8.60. The molecule has 0 spiro atoms. The Bertz CT molecular complexity index is 801. The number of urea groups is 1. The van der Waals surface area contributed by atoms with E-state index in [0.29, 0.717) is 31.3 Å². The van der Waals surface area contributed by atoms with E-state index in [2.05, 4.69) is 10.6 Å². The van der Waals surface area contributed by atoms with E-state index in [0.717, 1.165) is 24.1 Å².